The molecule has 5 nitrogen and oxygen atoms in total. The van der Waals surface area contributed by atoms with E-state index < -0.39 is 6.10 Å². The fourth-order valence-electron chi connectivity index (χ4n) is 7.42. The first-order chi connectivity index (χ1) is 17.7. The van der Waals surface area contributed by atoms with Crippen LogP contribution in [0.15, 0.2) is 48.8 Å². The van der Waals surface area contributed by atoms with E-state index in [1.807, 2.05) is 6.07 Å². The summed E-state index contributed by atoms with van der Waals surface area (Å²) < 4.78 is 14.0. The van der Waals surface area contributed by atoms with Crippen molar-refractivity contribution in [2.75, 3.05) is 18.0 Å². The molecule has 1 spiro atoms. The molecule has 1 aliphatic carbocycles. The third-order valence-electron chi connectivity index (χ3n) is 8.87. The van der Waals surface area contributed by atoms with Crippen molar-refractivity contribution in [3.63, 3.8) is 0 Å². The maximum atomic E-state index is 14.0. The SMILES string of the molecule is C[C@@H]1CCc2ncnc(N3c4ccc(C(O)c5cccc(F)c5)cc4C4(CCNCC4)C3C(C)(C)C)c21. The standard InChI is InChI=1S/C31H37FN4O/c1-19-8-10-24-26(19)28(35-18-34-24)36-25-11-9-21(27(37)20-6-5-7-22(32)16-20)17-23(25)31(12-14-33-15-13-31)29(36)30(2,3)4/h5-7,9,11,16-19,27,29,33,37H,8,10,12-15H2,1-4H3/t19-,27?,29?/m1/s1. The lowest BCUT2D eigenvalue weighted by atomic mass is 9.62. The van der Waals surface area contributed by atoms with Gasteiger partial charge in [0.15, 0.2) is 0 Å². The molecule has 0 saturated carbocycles. The van der Waals surface area contributed by atoms with E-state index in [1.165, 1.54) is 34.6 Å². The number of halogens is 1. The number of nitrogens with one attached hydrogen (secondary N) is 1. The highest BCUT2D eigenvalue weighted by Gasteiger charge is 2.56. The Kier molecular flexibility index (Phi) is 5.88. The van der Waals surface area contributed by atoms with Gasteiger partial charge >= 0.3 is 0 Å². The number of hydrogen-bond donors (Lipinski definition) is 2. The predicted molar refractivity (Wildman–Crippen MR) is 145 cm³/mol. The minimum atomic E-state index is -0.884. The van der Waals surface area contributed by atoms with Gasteiger partial charge in [0.25, 0.3) is 0 Å². The van der Waals surface area contributed by atoms with Gasteiger partial charge < -0.3 is 15.3 Å². The van der Waals surface area contributed by atoms with Crippen LogP contribution in [0.4, 0.5) is 15.9 Å². The maximum absolute atomic E-state index is 14.0. The van der Waals surface area contributed by atoms with Crippen molar-refractivity contribution in [3.8, 4) is 0 Å². The molecule has 6 heteroatoms. The van der Waals surface area contributed by atoms with Gasteiger partial charge in [-0.25, -0.2) is 14.4 Å². The summed E-state index contributed by atoms with van der Waals surface area (Å²) in [5, 5.41) is 14.9. The molecule has 0 radical (unpaired) electrons. The van der Waals surface area contributed by atoms with Gasteiger partial charge in [-0.05, 0) is 85.0 Å². The Morgan fingerprint density at radius 2 is 1.84 bits per heavy atom. The summed E-state index contributed by atoms with van der Waals surface area (Å²) in [7, 11) is 0. The van der Waals surface area contributed by atoms with Gasteiger partial charge in [0.1, 0.15) is 24.1 Å². The summed E-state index contributed by atoms with van der Waals surface area (Å²) in [6, 6.07) is 12.8. The van der Waals surface area contributed by atoms with Crippen LogP contribution in [0.2, 0.25) is 0 Å². The van der Waals surface area contributed by atoms with Crippen LogP contribution in [0, 0.1) is 11.2 Å². The van der Waals surface area contributed by atoms with E-state index in [1.54, 1.807) is 18.5 Å². The van der Waals surface area contributed by atoms with Crippen LogP contribution in [0.25, 0.3) is 0 Å². The van der Waals surface area contributed by atoms with Gasteiger partial charge in [0.2, 0.25) is 0 Å². The number of nitrogens with zero attached hydrogens (tertiary/aromatic N) is 3. The van der Waals surface area contributed by atoms with Gasteiger partial charge in [-0.1, -0.05) is 52.0 Å². The first kappa shape index (κ1) is 24.5. The number of rotatable bonds is 3. The third-order valence-corrected chi connectivity index (χ3v) is 8.87. The smallest absolute Gasteiger partial charge is 0.140 e. The van der Waals surface area contributed by atoms with Crippen LogP contribution in [-0.4, -0.2) is 34.2 Å². The van der Waals surface area contributed by atoms with E-state index in [0.717, 1.165) is 50.2 Å². The van der Waals surface area contributed by atoms with E-state index >= 15 is 0 Å². The quantitative estimate of drug-likeness (QED) is 0.466. The first-order valence-corrected chi connectivity index (χ1v) is 13.6. The van der Waals surface area contributed by atoms with Crippen molar-refractivity contribution in [2.24, 2.45) is 5.41 Å². The highest BCUT2D eigenvalue weighted by Crippen LogP contribution is 2.59. The zero-order valence-electron chi connectivity index (χ0n) is 22.3. The average Bonchev–Trinajstić information content (AvgIpc) is 3.39. The molecule has 3 heterocycles. The molecule has 3 aromatic rings. The summed E-state index contributed by atoms with van der Waals surface area (Å²) in [6.45, 7) is 11.2. The fourth-order valence-corrected chi connectivity index (χ4v) is 7.42. The van der Waals surface area contributed by atoms with Gasteiger partial charge in [-0.3, -0.25) is 0 Å². The molecule has 0 bridgehead atoms. The third kappa shape index (κ3) is 3.88. The lowest BCUT2D eigenvalue weighted by molar-refractivity contribution is 0.172. The summed E-state index contributed by atoms with van der Waals surface area (Å²) in [4.78, 5) is 12.1. The second-order valence-electron chi connectivity index (χ2n) is 12.3. The number of aliphatic hydroxyl groups is 1. The van der Waals surface area contributed by atoms with Crippen LogP contribution in [0.5, 0.6) is 0 Å². The van der Waals surface area contributed by atoms with Gasteiger partial charge in [-0.2, -0.15) is 0 Å². The monoisotopic (exact) mass is 500 g/mol. The first-order valence-electron chi connectivity index (χ1n) is 13.6. The van der Waals surface area contributed by atoms with E-state index in [4.69, 9.17) is 4.98 Å². The highest BCUT2D eigenvalue weighted by atomic mass is 19.1. The highest BCUT2D eigenvalue weighted by molar-refractivity contribution is 5.76. The minimum Gasteiger partial charge on any atom is -0.384 e. The van der Waals surface area contributed by atoms with Crippen LogP contribution in [-0.2, 0) is 11.8 Å². The Hall–Kier alpha value is -2.83. The van der Waals surface area contributed by atoms with E-state index in [-0.39, 0.29) is 22.7 Å². The lowest BCUT2D eigenvalue weighted by Gasteiger charge is -2.48. The largest absolute Gasteiger partial charge is 0.384 e. The maximum Gasteiger partial charge on any atom is 0.140 e. The molecule has 194 valence electrons. The molecule has 1 fully saturated rings. The Morgan fingerprint density at radius 1 is 1.08 bits per heavy atom. The second-order valence-corrected chi connectivity index (χ2v) is 12.3. The van der Waals surface area contributed by atoms with Crippen molar-refractivity contribution >= 4 is 11.5 Å². The van der Waals surface area contributed by atoms with Gasteiger partial charge in [0.05, 0.1) is 6.04 Å². The molecule has 2 aliphatic heterocycles. The number of aliphatic hydroxyl groups excluding tert-OH is 1. The topological polar surface area (TPSA) is 61.3 Å². The van der Waals surface area contributed by atoms with Gasteiger partial charge in [-0.15, -0.1) is 0 Å². The molecule has 0 amide bonds. The van der Waals surface area contributed by atoms with Crippen molar-refractivity contribution in [2.45, 2.75) is 76.9 Å². The number of aryl methyl sites for hydroxylation is 1. The molecule has 3 atom stereocenters. The van der Waals surface area contributed by atoms with E-state index in [2.05, 4.69) is 55.0 Å². The molecule has 6 rings (SSSR count). The number of aromatic nitrogens is 2. The number of piperidine rings is 1. The molecule has 2 unspecified atom stereocenters. The molecule has 2 aromatic carbocycles. The number of anilines is 2. The Bertz CT molecular complexity index is 1330. The summed E-state index contributed by atoms with van der Waals surface area (Å²) in [5.41, 5.74) is 6.18. The normalized spacial score (nSPS) is 23.2. The van der Waals surface area contributed by atoms with Crippen molar-refractivity contribution in [1.82, 2.24) is 15.3 Å². The zero-order valence-corrected chi connectivity index (χ0v) is 22.3. The van der Waals surface area contributed by atoms with Crippen molar-refractivity contribution < 1.29 is 9.50 Å². The zero-order chi connectivity index (χ0) is 25.9. The number of hydrogen-bond acceptors (Lipinski definition) is 5. The molecule has 1 aromatic heterocycles. The predicted octanol–water partition coefficient (Wildman–Crippen LogP) is 5.93. The fraction of sp³-hybridized carbons (Fsp3) is 0.484. The summed E-state index contributed by atoms with van der Waals surface area (Å²) in [5.74, 6) is 1.14. The average molecular weight is 501 g/mol. The number of fused-ring (bicyclic) bond motifs is 3. The molecule has 37 heavy (non-hydrogen) atoms. The second kappa shape index (κ2) is 8.88. The Labute approximate surface area is 219 Å². The van der Waals surface area contributed by atoms with Crippen LogP contribution >= 0.6 is 0 Å². The Morgan fingerprint density at radius 3 is 2.57 bits per heavy atom. The van der Waals surface area contributed by atoms with Gasteiger partial charge in [0, 0.05) is 22.4 Å². The minimum absolute atomic E-state index is 0.0304. The van der Waals surface area contributed by atoms with Crippen LogP contribution in [0.3, 0.4) is 0 Å². The molecule has 1 saturated heterocycles. The molecule has 2 N–H and O–H groups in total. The van der Waals surface area contributed by atoms with Crippen molar-refractivity contribution in [1.29, 1.82) is 0 Å². The Balaban J connectivity index is 1.56. The van der Waals surface area contributed by atoms with Crippen LogP contribution < -0.4 is 10.2 Å². The van der Waals surface area contributed by atoms with Crippen LogP contribution in [0.1, 0.15) is 86.9 Å². The molecular weight excluding hydrogens is 463 g/mol. The van der Waals surface area contributed by atoms with E-state index in [0.29, 0.717) is 11.5 Å². The van der Waals surface area contributed by atoms with E-state index in [9.17, 15) is 9.50 Å². The molecule has 3 aliphatic rings. The summed E-state index contributed by atoms with van der Waals surface area (Å²) in [6.07, 6.45) is 4.99. The molecular formula is C31H37FN4O. The summed E-state index contributed by atoms with van der Waals surface area (Å²) >= 11 is 0. The number of benzene rings is 2. The lowest BCUT2D eigenvalue weighted by Crippen LogP contribution is -2.55. The van der Waals surface area contributed by atoms with Crippen molar-refractivity contribution in [3.05, 3.63) is 82.6 Å².